The second-order valence-corrected chi connectivity index (χ2v) is 4.91. The zero-order valence-electron chi connectivity index (χ0n) is 11.4. The van der Waals surface area contributed by atoms with Crippen LogP contribution in [0.5, 0.6) is 0 Å². The molecule has 0 saturated heterocycles. The van der Waals surface area contributed by atoms with Crippen molar-refractivity contribution in [2.75, 3.05) is 20.3 Å². The van der Waals surface area contributed by atoms with Crippen molar-refractivity contribution in [1.82, 2.24) is 4.90 Å². The summed E-state index contributed by atoms with van der Waals surface area (Å²) in [5, 5.41) is 0. The van der Waals surface area contributed by atoms with Crippen LogP contribution in [0.1, 0.15) is 29.8 Å². The number of hydrogen-bond donors (Lipinski definition) is 1. The highest BCUT2D eigenvalue weighted by atomic mass is 32.1. The number of hydrogen-bond acceptors (Lipinski definition) is 3. The Morgan fingerprint density at radius 1 is 1.50 bits per heavy atom. The number of thiol groups is 1. The number of nitrogens with zero attached hydrogens (tertiary/aromatic N) is 1. The number of likely N-dealkylation sites (N-methyl/N-ethyl adjacent to an activating group) is 1. The lowest BCUT2D eigenvalue weighted by Crippen LogP contribution is -2.41. The summed E-state index contributed by atoms with van der Waals surface area (Å²) in [4.78, 5) is 15.1. The van der Waals surface area contributed by atoms with E-state index in [9.17, 15) is 4.79 Å². The van der Waals surface area contributed by atoms with Crippen molar-refractivity contribution in [3.8, 4) is 0 Å². The molecule has 18 heavy (non-hydrogen) atoms. The molecule has 1 atom stereocenters. The van der Waals surface area contributed by atoms with Crippen molar-refractivity contribution in [2.24, 2.45) is 0 Å². The largest absolute Gasteiger partial charge is 0.383 e. The highest BCUT2D eigenvalue weighted by molar-refractivity contribution is 7.80. The van der Waals surface area contributed by atoms with Crippen molar-refractivity contribution < 1.29 is 9.53 Å². The predicted octanol–water partition coefficient (Wildman–Crippen LogP) is 2.78. The van der Waals surface area contributed by atoms with Crippen LogP contribution in [0.25, 0.3) is 0 Å². The van der Waals surface area contributed by atoms with E-state index in [1.807, 2.05) is 43.9 Å². The topological polar surface area (TPSA) is 29.5 Å². The van der Waals surface area contributed by atoms with Crippen LogP contribution in [-0.4, -0.2) is 37.1 Å². The summed E-state index contributed by atoms with van der Waals surface area (Å²) in [5.41, 5.74) is 1.69. The normalized spacial score (nSPS) is 12.3. The third-order valence-corrected chi connectivity index (χ3v) is 3.27. The van der Waals surface area contributed by atoms with Crippen molar-refractivity contribution in [2.45, 2.75) is 31.7 Å². The minimum Gasteiger partial charge on any atom is -0.383 e. The fourth-order valence-corrected chi connectivity index (χ4v) is 2.19. The fourth-order valence-electron chi connectivity index (χ4n) is 1.98. The van der Waals surface area contributed by atoms with E-state index < -0.39 is 0 Å². The van der Waals surface area contributed by atoms with Crippen molar-refractivity contribution >= 4 is 18.5 Å². The van der Waals surface area contributed by atoms with E-state index in [-0.39, 0.29) is 11.9 Å². The minimum atomic E-state index is 0.0375. The van der Waals surface area contributed by atoms with E-state index >= 15 is 0 Å². The first-order valence-electron chi connectivity index (χ1n) is 6.10. The SMILES string of the molecule is CCN(C(=O)c1cc(S)ccc1C)C(C)COC. The van der Waals surface area contributed by atoms with Gasteiger partial charge in [0.1, 0.15) is 0 Å². The van der Waals surface area contributed by atoms with Crippen LogP contribution in [0.2, 0.25) is 0 Å². The molecule has 0 aliphatic rings. The maximum Gasteiger partial charge on any atom is 0.254 e. The first-order chi connectivity index (χ1) is 8.51. The monoisotopic (exact) mass is 267 g/mol. The highest BCUT2D eigenvalue weighted by Crippen LogP contribution is 2.17. The Morgan fingerprint density at radius 3 is 2.72 bits per heavy atom. The second kappa shape index (κ2) is 6.81. The lowest BCUT2D eigenvalue weighted by Gasteiger charge is -2.28. The lowest BCUT2D eigenvalue weighted by atomic mass is 10.1. The Bertz CT molecular complexity index is 420. The minimum absolute atomic E-state index is 0.0375. The van der Waals surface area contributed by atoms with Crippen LogP contribution in [0, 0.1) is 6.92 Å². The molecule has 1 amide bonds. The molecule has 0 aliphatic heterocycles. The average molecular weight is 267 g/mol. The van der Waals surface area contributed by atoms with Gasteiger partial charge >= 0.3 is 0 Å². The number of carbonyl (C=O) groups excluding carboxylic acids is 1. The molecule has 1 unspecified atom stereocenters. The summed E-state index contributed by atoms with van der Waals surface area (Å²) < 4.78 is 5.12. The van der Waals surface area contributed by atoms with Crippen LogP contribution in [0.3, 0.4) is 0 Å². The van der Waals surface area contributed by atoms with Crippen LogP contribution < -0.4 is 0 Å². The summed E-state index contributed by atoms with van der Waals surface area (Å²) in [6.07, 6.45) is 0. The maximum atomic E-state index is 12.5. The van der Waals surface area contributed by atoms with E-state index in [0.29, 0.717) is 18.7 Å². The number of ether oxygens (including phenoxy) is 1. The Labute approximate surface area is 115 Å². The molecule has 1 rings (SSSR count). The zero-order valence-corrected chi connectivity index (χ0v) is 12.3. The van der Waals surface area contributed by atoms with Crippen molar-refractivity contribution in [3.63, 3.8) is 0 Å². The van der Waals surface area contributed by atoms with E-state index in [2.05, 4.69) is 12.6 Å². The lowest BCUT2D eigenvalue weighted by molar-refractivity contribution is 0.0578. The average Bonchev–Trinajstić information content (AvgIpc) is 2.33. The number of carbonyl (C=O) groups is 1. The Balaban J connectivity index is 2.99. The third kappa shape index (κ3) is 3.50. The van der Waals surface area contributed by atoms with Crippen molar-refractivity contribution in [1.29, 1.82) is 0 Å². The number of rotatable bonds is 5. The molecule has 0 N–H and O–H groups in total. The number of benzene rings is 1. The van der Waals surface area contributed by atoms with Gasteiger partial charge in [0, 0.05) is 24.1 Å². The third-order valence-electron chi connectivity index (χ3n) is 2.99. The molecule has 0 spiro atoms. The van der Waals surface area contributed by atoms with Gasteiger partial charge in [0.05, 0.1) is 12.6 Å². The van der Waals surface area contributed by atoms with Gasteiger partial charge < -0.3 is 9.64 Å². The van der Waals surface area contributed by atoms with Crippen LogP contribution in [0.15, 0.2) is 23.1 Å². The Morgan fingerprint density at radius 2 is 2.17 bits per heavy atom. The molecule has 0 aromatic heterocycles. The number of methoxy groups -OCH3 is 1. The number of amides is 1. The summed E-state index contributed by atoms with van der Waals surface area (Å²) in [7, 11) is 1.65. The zero-order chi connectivity index (χ0) is 13.7. The predicted molar refractivity (Wildman–Crippen MR) is 76.5 cm³/mol. The molecule has 100 valence electrons. The molecule has 3 nitrogen and oxygen atoms in total. The molecule has 0 heterocycles. The molecular formula is C14H21NO2S. The summed E-state index contributed by atoms with van der Waals surface area (Å²) in [6, 6.07) is 5.70. The van der Waals surface area contributed by atoms with Crippen molar-refractivity contribution in [3.05, 3.63) is 29.3 Å². The first kappa shape index (κ1) is 15.1. The van der Waals surface area contributed by atoms with E-state index in [1.165, 1.54) is 0 Å². The molecule has 0 fully saturated rings. The summed E-state index contributed by atoms with van der Waals surface area (Å²) in [6.45, 7) is 7.11. The van der Waals surface area contributed by atoms with Gasteiger partial charge in [-0.25, -0.2) is 0 Å². The second-order valence-electron chi connectivity index (χ2n) is 4.39. The van der Waals surface area contributed by atoms with Gasteiger partial charge in [0.15, 0.2) is 0 Å². The van der Waals surface area contributed by atoms with Gasteiger partial charge in [0.2, 0.25) is 0 Å². The molecule has 0 saturated carbocycles. The van der Waals surface area contributed by atoms with Gasteiger partial charge in [-0.15, -0.1) is 12.6 Å². The maximum absolute atomic E-state index is 12.5. The van der Waals surface area contributed by atoms with Crippen LogP contribution in [-0.2, 0) is 4.74 Å². The molecule has 0 bridgehead atoms. The quantitative estimate of drug-likeness (QED) is 0.831. The highest BCUT2D eigenvalue weighted by Gasteiger charge is 2.21. The van der Waals surface area contributed by atoms with Gasteiger partial charge in [-0.2, -0.15) is 0 Å². The smallest absolute Gasteiger partial charge is 0.254 e. The fraction of sp³-hybridized carbons (Fsp3) is 0.500. The molecule has 1 aromatic rings. The van der Waals surface area contributed by atoms with Crippen LogP contribution in [0.4, 0.5) is 0 Å². The molecular weight excluding hydrogens is 246 g/mol. The Kier molecular flexibility index (Phi) is 5.69. The van der Waals surface area contributed by atoms with E-state index in [0.717, 1.165) is 10.5 Å². The number of aryl methyl sites for hydroxylation is 1. The van der Waals surface area contributed by atoms with E-state index in [1.54, 1.807) is 7.11 Å². The first-order valence-corrected chi connectivity index (χ1v) is 6.55. The van der Waals surface area contributed by atoms with Crippen LogP contribution >= 0.6 is 12.6 Å². The molecule has 4 heteroatoms. The molecule has 0 radical (unpaired) electrons. The Hall–Kier alpha value is -1.00. The van der Waals surface area contributed by atoms with Gasteiger partial charge in [-0.3, -0.25) is 4.79 Å². The van der Waals surface area contributed by atoms with Gasteiger partial charge in [0.25, 0.3) is 5.91 Å². The molecule has 1 aromatic carbocycles. The van der Waals surface area contributed by atoms with Gasteiger partial charge in [-0.1, -0.05) is 6.07 Å². The van der Waals surface area contributed by atoms with Gasteiger partial charge in [-0.05, 0) is 38.5 Å². The molecule has 0 aliphatic carbocycles. The summed E-state index contributed by atoms with van der Waals surface area (Å²) >= 11 is 4.29. The standard InChI is InChI=1S/C14H21NO2S/c1-5-15(11(3)9-17-4)14(16)13-8-12(18)7-6-10(13)2/h6-8,11,18H,5,9H2,1-4H3. The van der Waals surface area contributed by atoms with E-state index in [4.69, 9.17) is 4.74 Å². The summed E-state index contributed by atoms with van der Waals surface area (Å²) in [5.74, 6) is 0.0375.